The molecule has 3 nitrogen and oxygen atoms in total. The second-order valence-corrected chi connectivity index (χ2v) is 6.04. The van der Waals surface area contributed by atoms with Gasteiger partial charge in [0.1, 0.15) is 18.1 Å². The lowest BCUT2D eigenvalue weighted by Gasteiger charge is -2.11. The Kier molecular flexibility index (Phi) is 4.46. The number of halogens is 1. The SMILES string of the molecule is NCCc1cccc(OCc2cc(Br)cc3c2OCC3)c1. The monoisotopic (exact) mass is 347 g/mol. The summed E-state index contributed by atoms with van der Waals surface area (Å²) in [6.45, 7) is 1.91. The molecule has 2 aromatic rings. The molecule has 0 atom stereocenters. The lowest BCUT2D eigenvalue weighted by atomic mass is 10.1. The van der Waals surface area contributed by atoms with Gasteiger partial charge in [0.15, 0.2) is 0 Å². The topological polar surface area (TPSA) is 44.5 Å². The molecule has 1 heterocycles. The largest absolute Gasteiger partial charge is 0.493 e. The molecular formula is C17H18BrNO2. The first kappa shape index (κ1) is 14.4. The van der Waals surface area contributed by atoms with Gasteiger partial charge in [0, 0.05) is 16.5 Å². The van der Waals surface area contributed by atoms with Crippen LogP contribution >= 0.6 is 15.9 Å². The lowest BCUT2D eigenvalue weighted by molar-refractivity contribution is 0.291. The van der Waals surface area contributed by atoms with Crippen LogP contribution in [0.1, 0.15) is 16.7 Å². The zero-order chi connectivity index (χ0) is 14.7. The Labute approximate surface area is 133 Å². The van der Waals surface area contributed by atoms with Crippen LogP contribution in [0.3, 0.4) is 0 Å². The smallest absolute Gasteiger partial charge is 0.129 e. The molecule has 0 amide bonds. The zero-order valence-electron chi connectivity index (χ0n) is 11.8. The molecular weight excluding hydrogens is 330 g/mol. The first-order chi connectivity index (χ1) is 10.3. The quantitative estimate of drug-likeness (QED) is 0.900. The molecule has 0 saturated carbocycles. The number of fused-ring (bicyclic) bond motifs is 1. The molecule has 3 rings (SSSR count). The van der Waals surface area contributed by atoms with Crippen LogP contribution in [0.2, 0.25) is 0 Å². The number of benzene rings is 2. The molecule has 0 saturated heterocycles. The predicted molar refractivity (Wildman–Crippen MR) is 86.9 cm³/mol. The Morgan fingerprint density at radius 3 is 3.00 bits per heavy atom. The Balaban J connectivity index is 1.75. The fraction of sp³-hybridized carbons (Fsp3) is 0.294. The molecule has 0 radical (unpaired) electrons. The standard InChI is InChI=1S/C17H18BrNO2/c18-15-9-13-5-7-20-17(13)14(10-15)11-21-16-3-1-2-12(8-16)4-6-19/h1-3,8-10H,4-7,11,19H2. The van der Waals surface area contributed by atoms with Gasteiger partial charge in [-0.1, -0.05) is 28.1 Å². The van der Waals surface area contributed by atoms with E-state index in [1.54, 1.807) is 0 Å². The molecule has 4 heteroatoms. The molecule has 21 heavy (non-hydrogen) atoms. The summed E-state index contributed by atoms with van der Waals surface area (Å²) in [7, 11) is 0. The zero-order valence-corrected chi connectivity index (χ0v) is 13.4. The van der Waals surface area contributed by atoms with Crippen LogP contribution in [0.15, 0.2) is 40.9 Å². The number of ether oxygens (including phenoxy) is 2. The van der Waals surface area contributed by atoms with Gasteiger partial charge in [-0.25, -0.2) is 0 Å². The van der Waals surface area contributed by atoms with Gasteiger partial charge in [-0.3, -0.25) is 0 Å². The minimum absolute atomic E-state index is 0.508. The van der Waals surface area contributed by atoms with Crippen LogP contribution in [-0.2, 0) is 19.4 Å². The number of rotatable bonds is 5. The Bertz CT molecular complexity index is 643. The Hall–Kier alpha value is -1.52. The average Bonchev–Trinajstić information content (AvgIpc) is 2.93. The van der Waals surface area contributed by atoms with Gasteiger partial charge in [-0.15, -0.1) is 0 Å². The van der Waals surface area contributed by atoms with Crippen molar-refractivity contribution in [1.82, 2.24) is 0 Å². The van der Waals surface area contributed by atoms with Gasteiger partial charge in [0.2, 0.25) is 0 Å². The normalized spacial score (nSPS) is 12.9. The molecule has 0 spiro atoms. The van der Waals surface area contributed by atoms with E-state index in [-0.39, 0.29) is 0 Å². The highest BCUT2D eigenvalue weighted by atomic mass is 79.9. The van der Waals surface area contributed by atoms with Gasteiger partial charge in [-0.05, 0) is 48.4 Å². The summed E-state index contributed by atoms with van der Waals surface area (Å²) >= 11 is 3.55. The second kappa shape index (κ2) is 6.50. The van der Waals surface area contributed by atoms with Crippen molar-refractivity contribution >= 4 is 15.9 Å². The third kappa shape index (κ3) is 3.39. The molecule has 0 aromatic heterocycles. The van der Waals surface area contributed by atoms with E-state index in [1.165, 1.54) is 11.1 Å². The minimum Gasteiger partial charge on any atom is -0.493 e. The Morgan fingerprint density at radius 2 is 2.14 bits per heavy atom. The molecule has 0 unspecified atom stereocenters. The highest BCUT2D eigenvalue weighted by molar-refractivity contribution is 9.10. The first-order valence-electron chi connectivity index (χ1n) is 7.12. The molecule has 0 fully saturated rings. The molecule has 1 aliphatic heterocycles. The van der Waals surface area contributed by atoms with Gasteiger partial charge < -0.3 is 15.2 Å². The predicted octanol–water partition coefficient (Wildman–Crippen LogP) is 3.46. The van der Waals surface area contributed by atoms with E-state index in [2.05, 4.69) is 34.1 Å². The second-order valence-electron chi connectivity index (χ2n) is 5.13. The molecule has 2 N–H and O–H groups in total. The molecule has 0 aliphatic carbocycles. The highest BCUT2D eigenvalue weighted by Crippen LogP contribution is 2.33. The maximum Gasteiger partial charge on any atom is 0.129 e. The summed E-state index contributed by atoms with van der Waals surface area (Å²) in [4.78, 5) is 0. The maximum atomic E-state index is 5.92. The number of nitrogens with two attached hydrogens (primary N) is 1. The van der Waals surface area contributed by atoms with Crippen molar-refractivity contribution in [2.75, 3.05) is 13.2 Å². The van der Waals surface area contributed by atoms with E-state index in [0.29, 0.717) is 13.2 Å². The van der Waals surface area contributed by atoms with Crippen molar-refractivity contribution in [3.05, 3.63) is 57.6 Å². The number of hydrogen-bond acceptors (Lipinski definition) is 3. The van der Waals surface area contributed by atoms with Crippen molar-refractivity contribution in [3.8, 4) is 11.5 Å². The van der Waals surface area contributed by atoms with E-state index in [0.717, 1.165) is 41.0 Å². The lowest BCUT2D eigenvalue weighted by Crippen LogP contribution is -2.03. The summed E-state index contributed by atoms with van der Waals surface area (Å²) in [5.74, 6) is 1.85. The summed E-state index contributed by atoms with van der Waals surface area (Å²) in [5.41, 5.74) is 9.13. The van der Waals surface area contributed by atoms with Gasteiger partial charge >= 0.3 is 0 Å². The van der Waals surface area contributed by atoms with Crippen molar-refractivity contribution < 1.29 is 9.47 Å². The van der Waals surface area contributed by atoms with Crippen molar-refractivity contribution in [2.45, 2.75) is 19.4 Å². The third-order valence-corrected chi connectivity index (χ3v) is 4.01. The van der Waals surface area contributed by atoms with Crippen LogP contribution in [0.5, 0.6) is 11.5 Å². The Morgan fingerprint density at radius 1 is 1.24 bits per heavy atom. The highest BCUT2D eigenvalue weighted by Gasteiger charge is 2.17. The van der Waals surface area contributed by atoms with Crippen LogP contribution in [0.25, 0.3) is 0 Å². The molecule has 0 bridgehead atoms. The third-order valence-electron chi connectivity index (χ3n) is 3.55. The molecule has 2 aromatic carbocycles. The number of hydrogen-bond donors (Lipinski definition) is 1. The van der Waals surface area contributed by atoms with E-state index in [9.17, 15) is 0 Å². The van der Waals surface area contributed by atoms with Gasteiger partial charge in [-0.2, -0.15) is 0 Å². The van der Waals surface area contributed by atoms with Crippen molar-refractivity contribution in [2.24, 2.45) is 5.73 Å². The van der Waals surface area contributed by atoms with E-state index in [1.807, 2.05) is 18.2 Å². The fourth-order valence-corrected chi connectivity index (χ4v) is 3.12. The van der Waals surface area contributed by atoms with Gasteiger partial charge in [0.25, 0.3) is 0 Å². The van der Waals surface area contributed by atoms with Gasteiger partial charge in [0.05, 0.1) is 6.61 Å². The van der Waals surface area contributed by atoms with Crippen LogP contribution in [-0.4, -0.2) is 13.2 Å². The summed E-state index contributed by atoms with van der Waals surface area (Å²) < 4.78 is 12.7. The van der Waals surface area contributed by atoms with E-state index < -0.39 is 0 Å². The maximum absolute atomic E-state index is 5.92. The van der Waals surface area contributed by atoms with E-state index in [4.69, 9.17) is 15.2 Å². The van der Waals surface area contributed by atoms with Crippen molar-refractivity contribution in [1.29, 1.82) is 0 Å². The van der Waals surface area contributed by atoms with Crippen LogP contribution in [0.4, 0.5) is 0 Å². The average molecular weight is 348 g/mol. The summed E-state index contributed by atoms with van der Waals surface area (Å²) in [5, 5.41) is 0. The fourth-order valence-electron chi connectivity index (χ4n) is 2.57. The first-order valence-corrected chi connectivity index (χ1v) is 7.91. The molecule has 1 aliphatic rings. The summed E-state index contributed by atoms with van der Waals surface area (Å²) in [6.07, 6.45) is 1.83. The summed E-state index contributed by atoms with van der Waals surface area (Å²) in [6, 6.07) is 12.3. The van der Waals surface area contributed by atoms with Crippen LogP contribution in [0, 0.1) is 0 Å². The van der Waals surface area contributed by atoms with E-state index >= 15 is 0 Å². The molecule has 110 valence electrons. The van der Waals surface area contributed by atoms with Crippen LogP contribution < -0.4 is 15.2 Å². The minimum atomic E-state index is 0.508. The van der Waals surface area contributed by atoms with Crippen molar-refractivity contribution in [3.63, 3.8) is 0 Å².